The number of benzene rings is 2. The summed E-state index contributed by atoms with van der Waals surface area (Å²) in [5.74, 6) is 0.509. The highest BCUT2D eigenvalue weighted by molar-refractivity contribution is 7.89. The van der Waals surface area contributed by atoms with Gasteiger partial charge in [0.25, 0.3) is 5.91 Å². The van der Waals surface area contributed by atoms with Crippen LogP contribution in [0, 0.1) is 5.92 Å². The molecule has 2 aliphatic heterocycles. The molecule has 2 aromatic rings. The molecule has 0 bridgehead atoms. The monoisotopic (exact) mass is 455 g/mol. The quantitative estimate of drug-likeness (QED) is 0.709. The lowest BCUT2D eigenvalue weighted by Gasteiger charge is -2.33. The van der Waals surface area contributed by atoms with E-state index >= 15 is 0 Å². The smallest absolute Gasteiger partial charge is 0.251 e. The van der Waals surface area contributed by atoms with E-state index in [4.69, 9.17) is 0 Å². The molecule has 1 amide bonds. The first-order chi connectivity index (χ1) is 15.3. The average molecular weight is 456 g/mol. The second-order valence-corrected chi connectivity index (χ2v) is 11.1. The van der Waals surface area contributed by atoms with Gasteiger partial charge in [-0.1, -0.05) is 19.1 Å². The topological polar surface area (TPSA) is 69.7 Å². The van der Waals surface area contributed by atoms with E-state index in [1.54, 1.807) is 12.1 Å². The van der Waals surface area contributed by atoms with Crippen LogP contribution in [0.4, 0.5) is 5.69 Å². The summed E-state index contributed by atoms with van der Waals surface area (Å²) in [6.45, 7) is 7.58. The second-order valence-electron chi connectivity index (χ2n) is 9.12. The van der Waals surface area contributed by atoms with E-state index in [1.807, 2.05) is 6.92 Å². The van der Waals surface area contributed by atoms with Crippen LogP contribution in [0.3, 0.4) is 0 Å². The van der Waals surface area contributed by atoms with E-state index < -0.39 is 10.0 Å². The predicted molar refractivity (Wildman–Crippen MR) is 127 cm³/mol. The van der Waals surface area contributed by atoms with Crippen molar-refractivity contribution in [3.05, 3.63) is 59.7 Å². The number of amides is 1. The number of sulfonamides is 1. The molecule has 0 aliphatic carbocycles. The number of carbonyl (C=O) groups excluding carboxylic acids is 1. The first-order valence-electron chi connectivity index (χ1n) is 11.6. The molecule has 1 N–H and O–H groups in total. The predicted octanol–water partition coefficient (Wildman–Crippen LogP) is 4.20. The maximum Gasteiger partial charge on any atom is 0.251 e. The summed E-state index contributed by atoms with van der Waals surface area (Å²) in [5, 5.41) is 3.02. The van der Waals surface area contributed by atoms with Gasteiger partial charge in [0.2, 0.25) is 10.0 Å². The van der Waals surface area contributed by atoms with Crippen LogP contribution >= 0.6 is 0 Å². The van der Waals surface area contributed by atoms with Gasteiger partial charge in [-0.05, 0) is 80.5 Å². The van der Waals surface area contributed by atoms with Crippen LogP contribution in [0.25, 0.3) is 0 Å². The third-order valence-corrected chi connectivity index (χ3v) is 8.50. The molecule has 7 heteroatoms. The normalized spacial score (nSPS) is 20.8. The molecule has 2 atom stereocenters. The third-order valence-electron chi connectivity index (χ3n) is 6.58. The van der Waals surface area contributed by atoms with Gasteiger partial charge in [0.1, 0.15) is 0 Å². The lowest BCUT2D eigenvalue weighted by Crippen LogP contribution is -2.34. The zero-order chi connectivity index (χ0) is 22.7. The number of piperidine rings is 1. The molecule has 32 heavy (non-hydrogen) atoms. The summed E-state index contributed by atoms with van der Waals surface area (Å²) < 4.78 is 26.8. The molecule has 0 radical (unpaired) electrons. The van der Waals surface area contributed by atoms with Crippen molar-refractivity contribution >= 4 is 21.6 Å². The Hall–Kier alpha value is -2.38. The maximum atomic E-state index is 12.7. The van der Waals surface area contributed by atoms with E-state index in [0.29, 0.717) is 18.7 Å². The van der Waals surface area contributed by atoms with Crippen LogP contribution in [0.15, 0.2) is 53.4 Å². The molecule has 2 saturated heterocycles. The summed E-state index contributed by atoms with van der Waals surface area (Å²) >= 11 is 0. The van der Waals surface area contributed by atoms with Crippen molar-refractivity contribution in [2.75, 3.05) is 31.1 Å². The zero-order valence-corrected chi connectivity index (χ0v) is 19.8. The molecule has 2 heterocycles. The van der Waals surface area contributed by atoms with E-state index in [9.17, 15) is 13.2 Å². The number of rotatable bonds is 6. The van der Waals surface area contributed by atoms with E-state index in [2.05, 4.69) is 41.4 Å². The Labute approximate surface area is 191 Å². The Balaban J connectivity index is 1.38. The maximum absolute atomic E-state index is 12.7. The van der Waals surface area contributed by atoms with E-state index in [1.165, 1.54) is 35.0 Å². The van der Waals surface area contributed by atoms with Gasteiger partial charge in [0.05, 0.1) is 10.9 Å². The van der Waals surface area contributed by atoms with Crippen LogP contribution in [0.5, 0.6) is 0 Å². The number of hydrogen-bond donors (Lipinski definition) is 1. The van der Waals surface area contributed by atoms with Crippen molar-refractivity contribution in [3.8, 4) is 0 Å². The number of nitrogens with zero attached hydrogens (tertiary/aromatic N) is 2. The Bertz CT molecular complexity index is 1030. The molecular weight excluding hydrogens is 422 g/mol. The first kappa shape index (κ1) is 22.8. The Morgan fingerprint density at radius 2 is 1.62 bits per heavy atom. The Morgan fingerprint density at radius 3 is 2.25 bits per heavy atom. The lowest BCUT2D eigenvalue weighted by atomic mass is 9.99. The van der Waals surface area contributed by atoms with Crippen LogP contribution in [-0.4, -0.2) is 44.8 Å². The second kappa shape index (κ2) is 9.63. The van der Waals surface area contributed by atoms with E-state index in [0.717, 1.165) is 37.4 Å². The largest absolute Gasteiger partial charge is 0.371 e. The van der Waals surface area contributed by atoms with Crippen molar-refractivity contribution in [2.24, 2.45) is 5.92 Å². The van der Waals surface area contributed by atoms with Gasteiger partial charge in [-0.25, -0.2) is 8.42 Å². The fourth-order valence-corrected chi connectivity index (χ4v) is 6.13. The number of anilines is 1. The van der Waals surface area contributed by atoms with Crippen LogP contribution in [-0.2, 0) is 10.0 Å². The number of nitrogens with one attached hydrogen (secondary N) is 1. The molecule has 0 spiro atoms. The minimum absolute atomic E-state index is 0.148. The summed E-state index contributed by atoms with van der Waals surface area (Å²) in [7, 11) is -3.47. The molecular formula is C25H33N3O3S. The summed E-state index contributed by atoms with van der Waals surface area (Å²) in [5.41, 5.74) is 2.73. The Kier molecular flexibility index (Phi) is 6.86. The molecule has 172 valence electrons. The molecule has 4 rings (SSSR count). The third kappa shape index (κ3) is 4.99. The fraction of sp³-hybridized carbons (Fsp3) is 0.480. The minimum atomic E-state index is -3.47. The van der Waals surface area contributed by atoms with Gasteiger partial charge >= 0.3 is 0 Å². The average Bonchev–Trinajstić information content (AvgIpc) is 3.35. The van der Waals surface area contributed by atoms with Crippen molar-refractivity contribution in [1.29, 1.82) is 0 Å². The van der Waals surface area contributed by atoms with Gasteiger partial charge in [0.15, 0.2) is 0 Å². The minimum Gasteiger partial charge on any atom is -0.371 e. The fourth-order valence-electron chi connectivity index (χ4n) is 4.62. The first-order valence-corrected chi connectivity index (χ1v) is 13.0. The molecule has 0 saturated carbocycles. The summed E-state index contributed by atoms with van der Waals surface area (Å²) in [6, 6.07) is 14.5. The zero-order valence-electron chi connectivity index (χ0n) is 19.0. The molecule has 2 aliphatic rings. The van der Waals surface area contributed by atoms with Crippen molar-refractivity contribution in [3.63, 3.8) is 0 Å². The molecule has 2 fully saturated rings. The van der Waals surface area contributed by atoms with Gasteiger partial charge in [-0.3, -0.25) is 4.79 Å². The van der Waals surface area contributed by atoms with Gasteiger partial charge in [-0.2, -0.15) is 4.31 Å². The molecule has 0 aromatic heterocycles. The number of hydrogen-bond acceptors (Lipinski definition) is 4. The molecule has 6 nitrogen and oxygen atoms in total. The molecule has 2 unspecified atom stereocenters. The van der Waals surface area contributed by atoms with Crippen LogP contribution < -0.4 is 10.2 Å². The highest BCUT2D eigenvalue weighted by atomic mass is 32.2. The standard InChI is InChI=1S/C25H33N3O3S/c1-19-6-5-15-27(18-19)23-11-7-21(8-12-23)20(2)26-25(29)22-9-13-24(14-10-22)32(30,31)28-16-3-4-17-28/h7-14,19-20H,3-6,15-18H2,1-2H3,(H,26,29). The van der Waals surface area contributed by atoms with Gasteiger partial charge in [-0.15, -0.1) is 0 Å². The van der Waals surface area contributed by atoms with Crippen LogP contribution in [0.2, 0.25) is 0 Å². The van der Waals surface area contributed by atoms with Crippen molar-refractivity contribution < 1.29 is 13.2 Å². The summed E-state index contributed by atoms with van der Waals surface area (Å²) in [6.07, 6.45) is 4.32. The van der Waals surface area contributed by atoms with Crippen molar-refractivity contribution in [1.82, 2.24) is 9.62 Å². The number of carbonyl (C=O) groups is 1. The van der Waals surface area contributed by atoms with E-state index in [-0.39, 0.29) is 16.8 Å². The van der Waals surface area contributed by atoms with Gasteiger partial charge < -0.3 is 10.2 Å². The van der Waals surface area contributed by atoms with Gasteiger partial charge in [0, 0.05) is 37.4 Å². The molecule has 2 aromatic carbocycles. The lowest BCUT2D eigenvalue weighted by molar-refractivity contribution is 0.0939. The highest BCUT2D eigenvalue weighted by Gasteiger charge is 2.27. The summed E-state index contributed by atoms with van der Waals surface area (Å²) in [4.78, 5) is 15.4. The Morgan fingerprint density at radius 1 is 0.969 bits per heavy atom. The van der Waals surface area contributed by atoms with Crippen molar-refractivity contribution in [2.45, 2.75) is 50.5 Å². The highest BCUT2D eigenvalue weighted by Crippen LogP contribution is 2.25. The van der Waals surface area contributed by atoms with Crippen LogP contribution in [0.1, 0.15) is 61.5 Å². The SMILES string of the molecule is CC1CCCN(c2ccc(C(C)NC(=O)c3ccc(S(=O)(=O)N4CCCC4)cc3)cc2)C1.